The molecule has 0 atom stereocenters. The molecule has 36 heavy (non-hydrogen) atoms. The predicted molar refractivity (Wildman–Crippen MR) is 146 cm³/mol. The van der Waals surface area contributed by atoms with Crippen molar-refractivity contribution in [3.05, 3.63) is 70.6 Å². The zero-order valence-electron chi connectivity index (χ0n) is 21.3. The van der Waals surface area contributed by atoms with Crippen molar-refractivity contribution in [1.82, 2.24) is 0 Å². The highest BCUT2D eigenvalue weighted by Crippen LogP contribution is 2.36. The first-order valence-corrected chi connectivity index (χ1v) is 13.0. The zero-order chi connectivity index (χ0) is 25.9. The SMILES string of the molecule is CCCCCOc1ccc(/C=C/C(=O)Nc2scc(-c3ccc(CC)cc3)c2C(=O)OC)cc1OC. The van der Waals surface area contributed by atoms with Crippen LogP contribution in [0.2, 0.25) is 0 Å². The van der Waals surface area contributed by atoms with Gasteiger partial charge in [0.15, 0.2) is 11.5 Å². The zero-order valence-corrected chi connectivity index (χ0v) is 22.1. The summed E-state index contributed by atoms with van der Waals surface area (Å²) in [6.45, 7) is 4.87. The Balaban J connectivity index is 1.74. The van der Waals surface area contributed by atoms with Gasteiger partial charge in [0.05, 0.1) is 20.8 Å². The van der Waals surface area contributed by atoms with Crippen molar-refractivity contribution in [1.29, 1.82) is 0 Å². The number of hydrogen-bond acceptors (Lipinski definition) is 6. The average Bonchev–Trinajstić information content (AvgIpc) is 3.33. The standard InChI is InChI=1S/C29H33NO5S/c1-5-7-8-17-35-24-15-11-21(18-25(24)33-3)12-16-26(31)30-28-27(29(32)34-4)23(19-36-28)22-13-9-20(6-2)10-14-22/h9-16,18-19H,5-8,17H2,1-4H3,(H,30,31)/b16-12+. The molecule has 1 aromatic heterocycles. The summed E-state index contributed by atoms with van der Waals surface area (Å²) in [5, 5.41) is 5.13. The average molecular weight is 508 g/mol. The molecule has 7 heteroatoms. The van der Waals surface area contributed by atoms with Crippen LogP contribution in [0.4, 0.5) is 5.00 Å². The Bertz CT molecular complexity index is 1200. The van der Waals surface area contributed by atoms with E-state index >= 15 is 0 Å². The molecule has 3 rings (SSSR count). The minimum absolute atomic E-state index is 0.347. The maximum absolute atomic E-state index is 12.7. The van der Waals surface area contributed by atoms with E-state index in [0.717, 1.165) is 42.4 Å². The Morgan fingerprint density at radius 1 is 1.00 bits per heavy atom. The van der Waals surface area contributed by atoms with Gasteiger partial charge in [-0.1, -0.05) is 57.0 Å². The van der Waals surface area contributed by atoms with E-state index in [1.807, 2.05) is 47.8 Å². The molecular formula is C29H33NO5S. The molecule has 0 saturated heterocycles. The molecule has 0 aliphatic carbocycles. The summed E-state index contributed by atoms with van der Waals surface area (Å²) in [5.74, 6) is 0.438. The molecule has 190 valence electrons. The summed E-state index contributed by atoms with van der Waals surface area (Å²) in [6, 6.07) is 13.5. The first-order valence-electron chi connectivity index (χ1n) is 12.1. The van der Waals surface area contributed by atoms with E-state index in [-0.39, 0.29) is 5.91 Å². The predicted octanol–water partition coefficient (Wildman–Crippen LogP) is 6.99. The Morgan fingerprint density at radius 2 is 1.78 bits per heavy atom. The number of anilines is 1. The number of methoxy groups -OCH3 is 2. The third-order valence-electron chi connectivity index (χ3n) is 5.71. The summed E-state index contributed by atoms with van der Waals surface area (Å²) >= 11 is 1.29. The second-order valence-electron chi connectivity index (χ2n) is 8.18. The van der Waals surface area contributed by atoms with E-state index < -0.39 is 5.97 Å². The number of carbonyl (C=O) groups is 2. The lowest BCUT2D eigenvalue weighted by atomic mass is 10.0. The van der Waals surface area contributed by atoms with Gasteiger partial charge < -0.3 is 19.5 Å². The Morgan fingerprint density at radius 3 is 2.44 bits per heavy atom. The van der Waals surface area contributed by atoms with Crippen LogP contribution in [0.1, 0.15) is 54.6 Å². The summed E-state index contributed by atoms with van der Waals surface area (Å²) < 4.78 is 16.3. The van der Waals surface area contributed by atoms with Gasteiger partial charge in [-0.15, -0.1) is 11.3 Å². The van der Waals surface area contributed by atoms with Gasteiger partial charge in [0.25, 0.3) is 0 Å². The van der Waals surface area contributed by atoms with E-state index in [9.17, 15) is 9.59 Å². The van der Waals surface area contributed by atoms with Crippen LogP contribution in [0.25, 0.3) is 17.2 Å². The van der Waals surface area contributed by atoms with Crippen LogP contribution >= 0.6 is 11.3 Å². The highest BCUT2D eigenvalue weighted by Gasteiger charge is 2.22. The number of benzene rings is 2. The molecular weight excluding hydrogens is 474 g/mol. The van der Waals surface area contributed by atoms with Crippen LogP contribution in [0, 0.1) is 0 Å². The third kappa shape index (κ3) is 6.98. The van der Waals surface area contributed by atoms with Crippen LogP contribution in [0.3, 0.4) is 0 Å². The number of aryl methyl sites for hydroxylation is 1. The fraction of sp³-hybridized carbons (Fsp3) is 0.310. The molecule has 0 spiro atoms. The van der Waals surface area contributed by atoms with E-state index in [2.05, 4.69) is 19.2 Å². The number of rotatable bonds is 12. The van der Waals surface area contributed by atoms with Gasteiger partial charge in [-0.05, 0) is 47.7 Å². The van der Waals surface area contributed by atoms with E-state index in [1.54, 1.807) is 13.2 Å². The first kappa shape index (κ1) is 27.0. The molecule has 0 unspecified atom stereocenters. The molecule has 0 radical (unpaired) electrons. The highest BCUT2D eigenvalue weighted by molar-refractivity contribution is 7.15. The van der Waals surface area contributed by atoms with Crippen LogP contribution in [-0.2, 0) is 16.0 Å². The van der Waals surface area contributed by atoms with Crippen molar-refractivity contribution in [2.75, 3.05) is 26.1 Å². The fourth-order valence-electron chi connectivity index (χ4n) is 3.65. The van der Waals surface area contributed by atoms with Gasteiger partial charge in [-0.25, -0.2) is 4.79 Å². The van der Waals surface area contributed by atoms with Crippen molar-refractivity contribution in [2.45, 2.75) is 39.5 Å². The van der Waals surface area contributed by atoms with Crippen molar-refractivity contribution >= 4 is 34.3 Å². The van der Waals surface area contributed by atoms with E-state index in [1.165, 1.54) is 30.1 Å². The van der Waals surface area contributed by atoms with Gasteiger partial charge >= 0.3 is 5.97 Å². The monoisotopic (exact) mass is 507 g/mol. The molecule has 0 saturated carbocycles. The van der Waals surface area contributed by atoms with E-state index in [4.69, 9.17) is 14.2 Å². The minimum atomic E-state index is -0.496. The van der Waals surface area contributed by atoms with Crippen LogP contribution < -0.4 is 14.8 Å². The normalized spacial score (nSPS) is 10.9. The number of amides is 1. The molecule has 6 nitrogen and oxygen atoms in total. The number of thiophene rings is 1. The molecule has 1 amide bonds. The Hall–Kier alpha value is -3.58. The van der Waals surface area contributed by atoms with Crippen molar-refractivity contribution in [3.8, 4) is 22.6 Å². The molecule has 0 aliphatic heterocycles. The Labute approximate surface area is 216 Å². The summed E-state index contributed by atoms with van der Waals surface area (Å²) in [6.07, 6.45) is 7.28. The second kappa shape index (κ2) is 13.5. The first-order chi connectivity index (χ1) is 17.5. The van der Waals surface area contributed by atoms with Crippen LogP contribution in [-0.4, -0.2) is 32.7 Å². The number of hydrogen-bond donors (Lipinski definition) is 1. The smallest absolute Gasteiger partial charge is 0.341 e. The van der Waals surface area contributed by atoms with Gasteiger partial charge in [0.1, 0.15) is 10.6 Å². The number of ether oxygens (including phenoxy) is 3. The fourth-order valence-corrected chi connectivity index (χ4v) is 4.61. The molecule has 0 fully saturated rings. The maximum atomic E-state index is 12.7. The number of nitrogens with one attached hydrogen (secondary N) is 1. The molecule has 1 heterocycles. The van der Waals surface area contributed by atoms with Gasteiger partial charge in [-0.2, -0.15) is 0 Å². The van der Waals surface area contributed by atoms with Crippen LogP contribution in [0.15, 0.2) is 53.9 Å². The Kier molecular flexibility index (Phi) is 10.1. The lowest BCUT2D eigenvalue weighted by Crippen LogP contribution is -2.11. The van der Waals surface area contributed by atoms with Gasteiger partial charge in [0, 0.05) is 17.0 Å². The molecule has 1 N–H and O–H groups in total. The van der Waals surface area contributed by atoms with Crippen molar-refractivity contribution < 1.29 is 23.8 Å². The number of carbonyl (C=O) groups excluding carboxylic acids is 2. The summed E-state index contributed by atoms with van der Waals surface area (Å²) in [7, 11) is 2.92. The largest absolute Gasteiger partial charge is 0.493 e. The van der Waals surface area contributed by atoms with Gasteiger partial charge in [0.2, 0.25) is 5.91 Å². The maximum Gasteiger partial charge on any atom is 0.341 e. The topological polar surface area (TPSA) is 73.9 Å². The summed E-state index contributed by atoms with van der Waals surface area (Å²) in [5.41, 5.74) is 3.97. The van der Waals surface area contributed by atoms with Crippen LogP contribution in [0.5, 0.6) is 11.5 Å². The number of unbranched alkanes of at least 4 members (excludes halogenated alkanes) is 2. The molecule has 0 aliphatic rings. The molecule has 0 bridgehead atoms. The highest BCUT2D eigenvalue weighted by atomic mass is 32.1. The lowest BCUT2D eigenvalue weighted by molar-refractivity contribution is -0.111. The minimum Gasteiger partial charge on any atom is -0.493 e. The summed E-state index contributed by atoms with van der Waals surface area (Å²) in [4.78, 5) is 25.3. The van der Waals surface area contributed by atoms with Crippen molar-refractivity contribution in [2.24, 2.45) is 0 Å². The quantitative estimate of drug-likeness (QED) is 0.162. The second-order valence-corrected chi connectivity index (χ2v) is 9.06. The molecule has 3 aromatic rings. The lowest BCUT2D eigenvalue weighted by Gasteiger charge is -2.11. The van der Waals surface area contributed by atoms with Gasteiger partial charge in [-0.3, -0.25) is 4.79 Å². The third-order valence-corrected chi connectivity index (χ3v) is 6.61. The number of esters is 1. The van der Waals surface area contributed by atoms with E-state index in [0.29, 0.717) is 28.7 Å². The molecule has 2 aromatic carbocycles. The van der Waals surface area contributed by atoms with Crippen molar-refractivity contribution in [3.63, 3.8) is 0 Å².